The topological polar surface area (TPSA) is 95.5 Å². The molecule has 36 heavy (non-hydrogen) atoms. The Morgan fingerprint density at radius 3 is 2.50 bits per heavy atom. The van der Waals surface area contributed by atoms with E-state index in [-0.39, 0.29) is 17.6 Å². The predicted octanol–water partition coefficient (Wildman–Crippen LogP) is 4.55. The third-order valence-corrected chi connectivity index (χ3v) is 6.17. The van der Waals surface area contributed by atoms with Crippen molar-refractivity contribution < 1.29 is 13.9 Å². The van der Waals surface area contributed by atoms with Crippen molar-refractivity contribution in [3.05, 3.63) is 98.7 Å². The van der Waals surface area contributed by atoms with E-state index in [1.54, 1.807) is 54.6 Å². The van der Waals surface area contributed by atoms with Crippen LogP contribution in [0.25, 0.3) is 27.8 Å². The summed E-state index contributed by atoms with van der Waals surface area (Å²) in [6.07, 6.45) is 0. The highest BCUT2D eigenvalue weighted by Crippen LogP contribution is 2.27. The van der Waals surface area contributed by atoms with Crippen LogP contribution < -0.4 is 21.3 Å². The SMILES string of the molecule is CCOc1ccccc1NC(=O)Cn1c(=O)n(-c2ccc(C)c(C)c2)c(=O)c2oc3ccccc3c21. The highest BCUT2D eigenvalue weighted by Gasteiger charge is 2.22. The molecule has 0 spiro atoms. The van der Waals surface area contributed by atoms with E-state index in [4.69, 9.17) is 9.15 Å². The molecule has 8 nitrogen and oxygen atoms in total. The molecule has 0 saturated carbocycles. The van der Waals surface area contributed by atoms with Crippen LogP contribution in [0.4, 0.5) is 5.69 Å². The van der Waals surface area contributed by atoms with Crippen molar-refractivity contribution >= 4 is 33.7 Å². The number of hydrogen-bond acceptors (Lipinski definition) is 5. The highest BCUT2D eigenvalue weighted by atomic mass is 16.5. The molecule has 2 aromatic heterocycles. The Hall–Kier alpha value is -4.59. The van der Waals surface area contributed by atoms with Crippen LogP contribution in [0.3, 0.4) is 0 Å². The first-order chi connectivity index (χ1) is 17.4. The fourth-order valence-corrected chi connectivity index (χ4v) is 4.27. The number of hydrogen-bond donors (Lipinski definition) is 1. The van der Waals surface area contributed by atoms with Gasteiger partial charge in [-0.1, -0.05) is 30.3 Å². The summed E-state index contributed by atoms with van der Waals surface area (Å²) in [6.45, 7) is 5.83. The average molecular weight is 484 g/mol. The molecule has 182 valence electrons. The lowest BCUT2D eigenvalue weighted by molar-refractivity contribution is -0.116. The number of anilines is 1. The van der Waals surface area contributed by atoms with E-state index >= 15 is 0 Å². The van der Waals surface area contributed by atoms with Gasteiger partial charge in [0, 0.05) is 5.39 Å². The first-order valence-corrected chi connectivity index (χ1v) is 11.7. The van der Waals surface area contributed by atoms with Gasteiger partial charge < -0.3 is 14.5 Å². The number of fused-ring (bicyclic) bond motifs is 3. The lowest BCUT2D eigenvalue weighted by Gasteiger charge is -2.14. The molecule has 3 aromatic carbocycles. The minimum Gasteiger partial charge on any atom is -0.492 e. The van der Waals surface area contributed by atoms with Crippen molar-refractivity contribution in [3.8, 4) is 11.4 Å². The number of nitrogens with one attached hydrogen (secondary N) is 1. The van der Waals surface area contributed by atoms with Crippen LogP contribution in [0.1, 0.15) is 18.1 Å². The first kappa shape index (κ1) is 23.2. The van der Waals surface area contributed by atoms with Gasteiger partial charge in [-0.2, -0.15) is 0 Å². The van der Waals surface area contributed by atoms with Gasteiger partial charge in [-0.25, -0.2) is 9.36 Å². The predicted molar refractivity (Wildman–Crippen MR) is 139 cm³/mol. The van der Waals surface area contributed by atoms with Crippen molar-refractivity contribution in [1.82, 2.24) is 9.13 Å². The van der Waals surface area contributed by atoms with Crippen molar-refractivity contribution in [2.24, 2.45) is 0 Å². The Bertz CT molecular complexity index is 1740. The third-order valence-electron chi connectivity index (χ3n) is 6.17. The van der Waals surface area contributed by atoms with Crippen molar-refractivity contribution in [2.45, 2.75) is 27.3 Å². The molecule has 0 aliphatic rings. The number of nitrogens with zero attached hydrogens (tertiary/aromatic N) is 2. The number of rotatable bonds is 6. The fourth-order valence-electron chi connectivity index (χ4n) is 4.27. The quantitative estimate of drug-likeness (QED) is 0.382. The molecular formula is C28H25N3O5. The molecule has 2 heterocycles. The smallest absolute Gasteiger partial charge is 0.336 e. The molecule has 0 atom stereocenters. The number of ether oxygens (including phenoxy) is 1. The van der Waals surface area contributed by atoms with E-state index in [9.17, 15) is 14.4 Å². The Morgan fingerprint density at radius 2 is 1.72 bits per heavy atom. The monoisotopic (exact) mass is 483 g/mol. The first-order valence-electron chi connectivity index (χ1n) is 11.7. The van der Waals surface area contributed by atoms with Gasteiger partial charge in [0.15, 0.2) is 0 Å². The molecule has 0 aliphatic carbocycles. The summed E-state index contributed by atoms with van der Waals surface area (Å²) < 4.78 is 13.8. The van der Waals surface area contributed by atoms with Crippen LogP contribution in [0.15, 0.2) is 80.7 Å². The molecule has 5 rings (SSSR count). The molecule has 0 unspecified atom stereocenters. The van der Waals surface area contributed by atoms with Gasteiger partial charge in [0.2, 0.25) is 11.5 Å². The number of carbonyl (C=O) groups excluding carboxylic acids is 1. The maximum absolute atomic E-state index is 13.8. The van der Waals surface area contributed by atoms with Gasteiger partial charge in [0.05, 0.1) is 18.0 Å². The van der Waals surface area contributed by atoms with Crippen molar-refractivity contribution in [3.63, 3.8) is 0 Å². The number of amides is 1. The van der Waals surface area contributed by atoms with E-state index in [2.05, 4.69) is 5.32 Å². The van der Waals surface area contributed by atoms with E-state index in [0.717, 1.165) is 15.7 Å². The van der Waals surface area contributed by atoms with Gasteiger partial charge in [-0.15, -0.1) is 0 Å². The van der Waals surface area contributed by atoms with Crippen LogP contribution >= 0.6 is 0 Å². The number of aryl methyl sites for hydroxylation is 2. The zero-order valence-corrected chi connectivity index (χ0v) is 20.2. The van der Waals surface area contributed by atoms with E-state index < -0.39 is 17.2 Å². The molecule has 1 N–H and O–H groups in total. The van der Waals surface area contributed by atoms with E-state index in [0.29, 0.717) is 34.7 Å². The second kappa shape index (κ2) is 9.22. The molecule has 0 radical (unpaired) electrons. The fraction of sp³-hybridized carbons (Fsp3) is 0.179. The average Bonchev–Trinajstić information content (AvgIpc) is 3.25. The molecule has 0 aliphatic heterocycles. The van der Waals surface area contributed by atoms with Crippen molar-refractivity contribution in [2.75, 3.05) is 11.9 Å². The maximum atomic E-state index is 13.8. The number of aromatic nitrogens is 2. The summed E-state index contributed by atoms with van der Waals surface area (Å²) in [4.78, 5) is 40.5. The zero-order valence-electron chi connectivity index (χ0n) is 20.2. The molecular weight excluding hydrogens is 458 g/mol. The standard InChI is InChI=1S/C28H25N3O5/c1-4-35-23-12-8-6-10-21(23)29-24(32)16-30-25-20-9-5-7-11-22(20)36-26(25)27(33)31(28(30)34)19-14-13-17(2)18(3)15-19/h5-15H,4,16H2,1-3H3,(H,29,32). The number of furan rings is 1. The number of para-hydroxylation sites is 3. The summed E-state index contributed by atoms with van der Waals surface area (Å²) in [6, 6.07) is 19.5. The summed E-state index contributed by atoms with van der Waals surface area (Å²) in [5.41, 5.74) is 2.41. The molecule has 8 heteroatoms. The minimum absolute atomic E-state index is 0.0107. The van der Waals surface area contributed by atoms with Crippen LogP contribution in [0.2, 0.25) is 0 Å². The largest absolute Gasteiger partial charge is 0.492 e. The molecule has 0 saturated heterocycles. The van der Waals surface area contributed by atoms with Crippen LogP contribution in [-0.2, 0) is 11.3 Å². The minimum atomic E-state index is -0.629. The molecule has 5 aromatic rings. The van der Waals surface area contributed by atoms with E-state index in [1.807, 2.05) is 32.9 Å². The summed E-state index contributed by atoms with van der Waals surface area (Å²) in [5, 5.41) is 3.40. The zero-order chi connectivity index (χ0) is 25.4. The van der Waals surface area contributed by atoms with Gasteiger partial charge in [-0.3, -0.25) is 14.2 Å². The third kappa shape index (κ3) is 3.96. The van der Waals surface area contributed by atoms with E-state index in [1.165, 1.54) is 4.57 Å². The normalized spacial score (nSPS) is 11.2. The Balaban J connectivity index is 1.69. The number of carbonyl (C=O) groups is 1. The Labute approximate surface area is 206 Å². The van der Waals surface area contributed by atoms with Crippen LogP contribution in [0.5, 0.6) is 5.75 Å². The maximum Gasteiger partial charge on any atom is 0.336 e. The lowest BCUT2D eigenvalue weighted by atomic mass is 10.1. The van der Waals surface area contributed by atoms with Gasteiger partial charge >= 0.3 is 11.2 Å². The summed E-state index contributed by atoms with van der Waals surface area (Å²) >= 11 is 0. The Kier molecular flexibility index (Phi) is 5.93. The lowest BCUT2D eigenvalue weighted by Crippen LogP contribution is -2.40. The second-order valence-corrected chi connectivity index (χ2v) is 8.53. The highest BCUT2D eigenvalue weighted by molar-refractivity contribution is 6.03. The molecule has 1 amide bonds. The van der Waals surface area contributed by atoms with Gasteiger partial charge in [-0.05, 0) is 68.3 Å². The Morgan fingerprint density at radius 1 is 0.972 bits per heavy atom. The molecule has 0 bridgehead atoms. The van der Waals surface area contributed by atoms with Gasteiger partial charge in [0.1, 0.15) is 23.4 Å². The summed E-state index contributed by atoms with van der Waals surface area (Å²) in [5.74, 6) is 0.0841. The molecule has 0 fully saturated rings. The van der Waals surface area contributed by atoms with Gasteiger partial charge in [0.25, 0.3) is 0 Å². The van der Waals surface area contributed by atoms with Crippen molar-refractivity contribution in [1.29, 1.82) is 0 Å². The van der Waals surface area contributed by atoms with Crippen LogP contribution in [0, 0.1) is 13.8 Å². The number of benzene rings is 3. The van der Waals surface area contributed by atoms with Crippen LogP contribution in [-0.4, -0.2) is 21.6 Å². The summed E-state index contributed by atoms with van der Waals surface area (Å²) in [7, 11) is 0. The second-order valence-electron chi connectivity index (χ2n) is 8.53.